The Morgan fingerprint density at radius 3 is 2.45 bits per heavy atom. The zero-order chi connectivity index (χ0) is 26.6. The number of ether oxygens (including phenoxy) is 1. The Morgan fingerprint density at radius 2 is 1.68 bits per heavy atom. The fourth-order valence-electron chi connectivity index (χ4n) is 6.40. The minimum Gasteiger partial charge on any atom is -0.491 e. The molecule has 1 heterocycles. The molecule has 1 saturated heterocycles. The van der Waals surface area contributed by atoms with Crippen molar-refractivity contribution < 1.29 is 29.0 Å². The minimum absolute atomic E-state index is 0.0696. The van der Waals surface area contributed by atoms with Gasteiger partial charge in [0.25, 0.3) is 0 Å². The van der Waals surface area contributed by atoms with E-state index in [0.29, 0.717) is 34.6 Å². The molecule has 1 N–H and O–H groups in total. The van der Waals surface area contributed by atoms with Crippen molar-refractivity contribution in [3.63, 3.8) is 0 Å². The zero-order valence-electron chi connectivity index (χ0n) is 20.3. The number of para-hydroxylation sites is 2. The molecule has 0 aromatic heterocycles. The molecule has 3 aliphatic carbocycles. The maximum Gasteiger partial charge on any atom is 0.238 e. The molecule has 2 aromatic rings. The topological polar surface area (TPSA) is 101 Å². The molecule has 0 saturated carbocycles. The molecule has 2 aromatic carbocycles. The van der Waals surface area contributed by atoms with Crippen LogP contribution in [-0.2, 0) is 19.2 Å². The van der Waals surface area contributed by atoms with Gasteiger partial charge in [0.1, 0.15) is 12.4 Å². The predicted molar refractivity (Wildman–Crippen MR) is 143 cm³/mol. The molecule has 1 fully saturated rings. The lowest BCUT2D eigenvalue weighted by atomic mass is 9.59. The van der Waals surface area contributed by atoms with Gasteiger partial charge < -0.3 is 9.84 Å². The molecule has 4 unspecified atom stereocenters. The second-order valence-corrected chi connectivity index (χ2v) is 10.7. The van der Waals surface area contributed by atoms with E-state index in [-0.39, 0.29) is 47.5 Å². The number of amides is 2. The smallest absolute Gasteiger partial charge is 0.238 e. The van der Waals surface area contributed by atoms with E-state index in [9.17, 15) is 24.3 Å². The van der Waals surface area contributed by atoms with Gasteiger partial charge in [0.05, 0.1) is 28.6 Å². The van der Waals surface area contributed by atoms with Crippen LogP contribution in [0.25, 0.3) is 0 Å². The summed E-state index contributed by atoms with van der Waals surface area (Å²) in [6, 6.07) is 16.1. The Bertz CT molecular complexity index is 1470. The van der Waals surface area contributed by atoms with E-state index < -0.39 is 23.7 Å². The standard InChI is InChI=1S/C30H24BrNO6/c31-22-15-23(34)27-21(28(22)35)14-20-17(25(27)18-8-4-5-9-24(18)38-13-12-33)10-11-19-26(20)30(37)32(29(19)36)16-6-2-1-3-7-16/h1-10,15,19-20,25-26,33H,11-14H2. The van der Waals surface area contributed by atoms with Crippen LogP contribution in [0, 0.1) is 17.8 Å². The van der Waals surface area contributed by atoms with Crippen LogP contribution in [0.1, 0.15) is 24.3 Å². The fourth-order valence-corrected chi connectivity index (χ4v) is 6.85. The molecule has 4 atom stereocenters. The number of aliphatic hydroxyl groups is 1. The summed E-state index contributed by atoms with van der Waals surface area (Å²) < 4.78 is 6.02. The van der Waals surface area contributed by atoms with Gasteiger partial charge in [0.15, 0.2) is 11.6 Å². The highest BCUT2D eigenvalue weighted by molar-refractivity contribution is 9.12. The normalized spacial score (nSPS) is 26.5. The van der Waals surface area contributed by atoms with Crippen LogP contribution in [0.3, 0.4) is 0 Å². The lowest BCUT2D eigenvalue weighted by Crippen LogP contribution is -2.39. The largest absolute Gasteiger partial charge is 0.491 e. The molecule has 1 aliphatic heterocycles. The monoisotopic (exact) mass is 573 g/mol. The summed E-state index contributed by atoms with van der Waals surface area (Å²) >= 11 is 3.25. The first-order chi connectivity index (χ1) is 18.4. The highest BCUT2D eigenvalue weighted by Gasteiger charge is 2.56. The van der Waals surface area contributed by atoms with Crippen molar-refractivity contribution in [1.82, 2.24) is 0 Å². The van der Waals surface area contributed by atoms with Gasteiger partial charge in [0, 0.05) is 28.7 Å². The first kappa shape index (κ1) is 24.7. The lowest BCUT2D eigenvalue weighted by Gasteiger charge is -2.42. The molecule has 7 nitrogen and oxygen atoms in total. The van der Waals surface area contributed by atoms with Crippen LogP contribution in [0.15, 0.2) is 88.0 Å². The van der Waals surface area contributed by atoms with Crippen molar-refractivity contribution >= 4 is 45.0 Å². The number of allylic oxidation sites excluding steroid dienone is 6. The number of ketones is 2. The molecular weight excluding hydrogens is 550 g/mol. The second kappa shape index (κ2) is 9.60. The minimum atomic E-state index is -0.641. The van der Waals surface area contributed by atoms with Gasteiger partial charge in [0.2, 0.25) is 11.8 Å². The van der Waals surface area contributed by atoms with Crippen molar-refractivity contribution in [3.05, 3.63) is 93.5 Å². The molecule has 4 aliphatic rings. The summed E-state index contributed by atoms with van der Waals surface area (Å²) in [6.45, 7) is -0.110. The molecule has 2 amide bonds. The third-order valence-electron chi connectivity index (χ3n) is 7.92. The number of hydrogen-bond acceptors (Lipinski definition) is 6. The molecule has 8 heteroatoms. The summed E-state index contributed by atoms with van der Waals surface area (Å²) in [6.07, 6.45) is 3.85. The third kappa shape index (κ3) is 3.74. The van der Waals surface area contributed by atoms with Gasteiger partial charge in [-0.3, -0.25) is 24.1 Å². The molecule has 0 bridgehead atoms. The molecule has 38 heavy (non-hydrogen) atoms. The molecule has 0 radical (unpaired) electrons. The highest BCUT2D eigenvalue weighted by Crippen LogP contribution is 2.56. The van der Waals surface area contributed by atoms with E-state index in [0.717, 1.165) is 5.57 Å². The number of benzene rings is 2. The quantitative estimate of drug-likeness (QED) is 0.329. The molecular formula is C30H24BrNO6. The average molecular weight is 574 g/mol. The van der Waals surface area contributed by atoms with Gasteiger partial charge >= 0.3 is 0 Å². The number of carbonyl (C=O) groups excluding carboxylic acids is 4. The van der Waals surface area contributed by atoms with Gasteiger partial charge in [-0.25, -0.2) is 0 Å². The van der Waals surface area contributed by atoms with E-state index in [1.54, 1.807) is 36.4 Å². The lowest BCUT2D eigenvalue weighted by molar-refractivity contribution is -0.123. The first-order valence-electron chi connectivity index (χ1n) is 12.6. The summed E-state index contributed by atoms with van der Waals surface area (Å²) in [5, 5.41) is 9.35. The summed E-state index contributed by atoms with van der Waals surface area (Å²) in [5.41, 5.74) is 2.83. The number of imide groups is 1. The first-order valence-corrected chi connectivity index (χ1v) is 13.4. The second-order valence-electron chi connectivity index (χ2n) is 9.85. The third-order valence-corrected chi connectivity index (χ3v) is 8.51. The van der Waals surface area contributed by atoms with Gasteiger partial charge in [-0.05, 0) is 52.9 Å². The van der Waals surface area contributed by atoms with E-state index >= 15 is 0 Å². The van der Waals surface area contributed by atoms with Crippen LogP contribution in [0.4, 0.5) is 5.69 Å². The number of aliphatic hydroxyl groups excluding tert-OH is 1. The Morgan fingerprint density at radius 1 is 0.947 bits per heavy atom. The Hall–Kier alpha value is -3.62. The number of carbonyl (C=O) groups is 4. The van der Waals surface area contributed by atoms with Crippen molar-refractivity contribution in [1.29, 1.82) is 0 Å². The summed E-state index contributed by atoms with van der Waals surface area (Å²) in [5.74, 6) is -2.78. The number of nitrogens with zero attached hydrogens (tertiary/aromatic N) is 1. The van der Waals surface area contributed by atoms with E-state index in [1.165, 1.54) is 11.0 Å². The SMILES string of the molecule is O=C1C=C(Br)C(=O)C2=C1C(c1ccccc1OCCO)C1=CCC3C(=O)N(c4ccccc4)C(=O)C3C1C2. The van der Waals surface area contributed by atoms with Crippen LogP contribution in [-0.4, -0.2) is 41.7 Å². The van der Waals surface area contributed by atoms with Crippen LogP contribution >= 0.6 is 15.9 Å². The molecule has 0 spiro atoms. The zero-order valence-corrected chi connectivity index (χ0v) is 21.9. The van der Waals surface area contributed by atoms with Crippen LogP contribution in [0.2, 0.25) is 0 Å². The van der Waals surface area contributed by atoms with Crippen molar-refractivity contribution in [2.24, 2.45) is 17.8 Å². The number of hydrogen-bond donors (Lipinski definition) is 1. The predicted octanol–water partition coefficient (Wildman–Crippen LogP) is 4.02. The Labute approximate surface area is 227 Å². The number of anilines is 1. The maximum absolute atomic E-state index is 13.9. The van der Waals surface area contributed by atoms with E-state index in [4.69, 9.17) is 4.74 Å². The Kier molecular flexibility index (Phi) is 6.24. The summed E-state index contributed by atoms with van der Waals surface area (Å²) in [7, 11) is 0. The molecule has 192 valence electrons. The van der Waals surface area contributed by atoms with Gasteiger partial charge in [-0.1, -0.05) is 48.0 Å². The number of Topliss-reactive ketones (excluding diaryl/α,β-unsaturated/α-hetero) is 1. The number of rotatable bonds is 5. The maximum atomic E-state index is 13.9. The Balaban J connectivity index is 1.50. The van der Waals surface area contributed by atoms with Gasteiger partial charge in [-0.15, -0.1) is 0 Å². The van der Waals surface area contributed by atoms with Crippen molar-refractivity contribution in [2.75, 3.05) is 18.1 Å². The van der Waals surface area contributed by atoms with Crippen molar-refractivity contribution in [3.8, 4) is 5.75 Å². The average Bonchev–Trinajstić information content (AvgIpc) is 3.19. The molecule has 6 rings (SSSR count). The van der Waals surface area contributed by atoms with Crippen molar-refractivity contribution in [2.45, 2.75) is 18.8 Å². The van der Waals surface area contributed by atoms with Gasteiger partial charge in [-0.2, -0.15) is 0 Å². The number of halogens is 1. The number of fused-ring (bicyclic) bond motifs is 3. The van der Waals surface area contributed by atoms with Crippen LogP contribution < -0.4 is 9.64 Å². The van der Waals surface area contributed by atoms with E-state index in [1.807, 2.05) is 24.3 Å². The fraction of sp³-hybridized carbons (Fsp3) is 0.267. The van der Waals surface area contributed by atoms with E-state index in [2.05, 4.69) is 15.9 Å². The van der Waals surface area contributed by atoms with Crippen LogP contribution in [0.5, 0.6) is 5.75 Å². The highest BCUT2D eigenvalue weighted by atomic mass is 79.9. The summed E-state index contributed by atoms with van der Waals surface area (Å²) in [4.78, 5) is 55.4.